The number of aryl methyl sites for hydroxylation is 4. The number of carbonyl (C=O) groups excluding carboxylic acids is 2. The van der Waals surface area contributed by atoms with Gasteiger partial charge in [0, 0.05) is 11.1 Å². The molecule has 0 amide bonds. The van der Waals surface area contributed by atoms with E-state index in [1.807, 2.05) is 26.0 Å². The second-order valence-corrected chi connectivity index (χ2v) is 5.77. The fourth-order valence-electron chi connectivity index (χ4n) is 2.32. The first-order valence-corrected chi connectivity index (χ1v) is 7.52. The molecule has 5 nitrogen and oxygen atoms in total. The van der Waals surface area contributed by atoms with Gasteiger partial charge in [0.1, 0.15) is 5.76 Å². The lowest BCUT2D eigenvalue weighted by Crippen LogP contribution is -2.25. The Morgan fingerprint density at radius 1 is 1.17 bits per heavy atom. The van der Waals surface area contributed by atoms with Crippen LogP contribution < -0.4 is 0 Å². The van der Waals surface area contributed by atoms with E-state index in [2.05, 4.69) is 5.16 Å². The molecule has 2 aromatic rings. The lowest BCUT2D eigenvalue weighted by molar-refractivity contribution is -0.145. The molecule has 0 saturated carbocycles. The fourth-order valence-corrected chi connectivity index (χ4v) is 2.32. The summed E-state index contributed by atoms with van der Waals surface area (Å²) >= 11 is 0. The summed E-state index contributed by atoms with van der Waals surface area (Å²) in [5, 5.41) is 3.80. The van der Waals surface area contributed by atoms with Crippen LogP contribution >= 0.6 is 0 Å². The zero-order valence-corrected chi connectivity index (χ0v) is 14.1. The maximum atomic E-state index is 12.4. The number of rotatable bonds is 5. The van der Waals surface area contributed by atoms with Crippen LogP contribution in [0.1, 0.15) is 45.4 Å². The number of hydrogen-bond acceptors (Lipinski definition) is 5. The monoisotopic (exact) mass is 315 g/mol. The maximum absolute atomic E-state index is 12.4. The Hall–Kier alpha value is -2.43. The minimum absolute atomic E-state index is 0.0473. The van der Waals surface area contributed by atoms with Crippen molar-refractivity contribution in [1.29, 1.82) is 0 Å². The Balaban J connectivity index is 2.03. The van der Waals surface area contributed by atoms with Crippen molar-refractivity contribution in [2.45, 2.75) is 47.1 Å². The van der Waals surface area contributed by atoms with Crippen LogP contribution in [0.4, 0.5) is 0 Å². The number of hydrogen-bond donors (Lipinski definition) is 0. The van der Waals surface area contributed by atoms with E-state index in [1.165, 1.54) is 0 Å². The molecule has 1 heterocycles. The first kappa shape index (κ1) is 16.9. The maximum Gasteiger partial charge on any atom is 0.311 e. The van der Waals surface area contributed by atoms with Crippen LogP contribution in [0.2, 0.25) is 0 Å². The molecule has 0 N–H and O–H groups in total. The molecule has 5 heteroatoms. The molecular formula is C18H21NO4. The molecule has 122 valence electrons. The second-order valence-electron chi connectivity index (χ2n) is 5.77. The number of Topliss-reactive ketones (excluding diaryl/α,β-unsaturated/α-hetero) is 1. The summed E-state index contributed by atoms with van der Waals surface area (Å²) in [5.41, 5.74) is 4.06. The smallest absolute Gasteiger partial charge is 0.311 e. The summed E-state index contributed by atoms with van der Waals surface area (Å²) in [6, 6.07) is 5.46. The highest BCUT2D eigenvalue weighted by Gasteiger charge is 2.22. The van der Waals surface area contributed by atoms with Gasteiger partial charge >= 0.3 is 5.97 Å². The summed E-state index contributed by atoms with van der Waals surface area (Å²) in [4.78, 5) is 24.4. The predicted molar refractivity (Wildman–Crippen MR) is 85.5 cm³/mol. The standard InChI is InChI=1S/C18H21NO4/c1-10-6-7-15(8-11(10)2)18(21)14(5)22-17(20)9-16-12(3)19-23-13(16)4/h6-8,14H,9H2,1-5H3. The van der Waals surface area contributed by atoms with Crippen LogP contribution in [-0.2, 0) is 16.0 Å². The van der Waals surface area contributed by atoms with E-state index in [1.54, 1.807) is 26.8 Å². The largest absolute Gasteiger partial charge is 0.454 e. The molecule has 0 fully saturated rings. The Morgan fingerprint density at radius 3 is 2.43 bits per heavy atom. The van der Waals surface area contributed by atoms with Crippen LogP contribution in [0.5, 0.6) is 0 Å². The Morgan fingerprint density at radius 2 is 1.87 bits per heavy atom. The average Bonchev–Trinajstić information content (AvgIpc) is 2.81. The third-order valence-electron chi connectivity index (χ3n) is 3.97. The summed E-state index contributed by atoms with van der Waals surface area (Å²) < 4.78 is 10.3. The van der Waals surface area contributed by atoms with Gasteiger partial charge in [-0.05, 0) is 51.8 Å². The van der Waals surface area contributed by atoms with E-state index >= 15 is 0 Å². The van der Waals surface area contributed by atoms with Gasteiger partial charge in [0.15, 0.2) is 6.10 Å². The molecule has 1 atom stereocenters. The molecule has 1 unspecified atom stereocenters. The predicted octanol–water partition coefficient (Wildman–Crippen LogP) is 3.27. The number of esters is 1. The number of benzene rings is 1. The average molecular weight is 315 g/mol. The molecule has 0 bridgehead atoms. The Labute approximate surface area is 135 Å². The third-order valence-corrected chi connectivity index (χ3v) is 3.97. The molecule has 0 aliphatic carbocycles. The first-order valence-electron chi connectivity index (χ1n) is 7.52. The van der Waals surface area contributed by atoms with E-state index < -0.39 is 12.1 Å². The van der Waals surface area contributed by atoms with Crippen molar-refractivity contribution in [1.82, 2.24) is 5.16 Å². The Kier molecular flexibility index (Phi) is 4.98. The van der Waals surface area contributed by atoms with Gasteiger partial charge in [0.2, 0.25) is 5.78 Å². The molecule has 0 aliphatic rings. The van der Waals surface area contributed by atoms with Crippen LogP contribution in [0.15, 0.2) is 22.7 Å². The fraction of sp³-hybridized carbons (Fsp3) is 0.389. The number of nitrogens with zero attached hydrogens (tertiary/aromatic N) is 1. The van der Waals surface area contributed by atoms with Gasteiger partial charge < -0.3 is 9.26 Å². The van der Waals surface area contributed by atoms with Gasteiger partial charge in [0.05, 0.1) is 12.1 Å². The zero-order chi connectivity index (χ0) is 17.1. The highest BCUT2D eigenvalue weighted by atomic mass is 16.5. The summed E-state index contributed by atoms with van der Waals surface area (Å²) in [6.45, 7) is 9.02. The highest BCUT2D eigenvalue weighted by molar-refractivity contribution is 6.00. The zero-order valence-electron chi connectivity index (χ0n) is 14.1. The Bertz CT molecular complexity index is 726. The van der Waals surface area contributed by atoms with Crippen molar-refractivity contribution in [3.05, 3.63) is 51.9 Å². The molecule has 0 radical (unpaired) electrons. The summed E-state index contributed by atoms with van der Waals surface area (Å²) in [6.07, 6.45) is -0.781. The normalized spacial score (nSPS) is 12.0. The van der Waals surface area contributed by atoms with Crippen LogP contribution in [0.3, 0.4) is 0 Å². The van der Waals surface area contributed by atoms with Crippen molar-refractivity contribution >= 4 is 11.8 Å². The van der Waals surface area contributed by atoms with Crippen molar-refractivity contribution < 1.29 is 18.8 Å². The number of carbonyl (C=O) groups is 2. The SMILES string of the molecule is Cc1ccc(C(=O)C(C)OC(=O)Cc2c(C)noc2C)cc1C. The van der Waals surface area contributed by atoms with Gasteiger partial charge in [-0.1, -0.05) is 17.3 Å². The molecule has 0 spiro atoms. The topological polar surface area (TPSA) is 69.4 Å². The third kappa shape index (κ3) is 3.86. The minimum atomic E-state index is -0.829. The van der Waals surface area contributed by atoms with E-state index in [-0.39, 0.29) is 12.2 Å². The number of aromatic nitrogens is 1. The van der Waals surface area contributed by atoms with E-state index in [4.69, 9.17) is 9.26 Å². The lowest BCUT2D eigenvalue weighted by atomic mass is 10.0. The highest BCUT2D eigenvalue weighted by Crippen LogP contribution is 2.16. The second kappa shape index (κ2) is 6.77. The van der Waals surface area contributed by atoms with Crippen LogP contribution in [0.25, 0.3) is 0 Å². The van der Waals surface area contributed by atoms with Crippen molar-refractivity contribution in [3.8, 4) is 0 Å². The molecule has 0 saturated heterocycles. The molecule has 2 rings (SSSR count). The quantitative estimate of drug-likeness (QED) is 0.625. The van der Waals surface area contributed by atoms with E-state index in [0.717, 1.165) is 11.1 Å². The molecule has 1 aromatic carbocycles. The van der Waals surface area contributed by atoms with Crippen molar-refractivity contribution in [2.24, 2.45) is 0 Å². The summed E-state index contributed by atoms with van der Waals surface area (Å²) in [5.74, 6) is -0.0862. The molecule has 1 aromatic heterocycles. The molecular weight excluding hydrogens is 294 g/mol. The van der Waals surface area contributed by atoms with E-state index in [9.17, 15) is 9.59 Å². The van der Waals surface area contributed by atoms with Gasteiger partial charge in [0.25, 0.3) is 0 Å². The van der Waals surface area contributed by atoms with Crippen LogP contribution in [-0.4, -0.2) is 23.0 Å². The molecule has 0 aliphatic heterocycles. The molecule has 23 heavy (non-hydrogen) atoms. The van der Waals surface area contributed by atoms with Gasteiger partial charge in [-0.3, -0.25) is 9.59 Å². The van der Waals surface area contributed by atoms with Crippen LogP contribution in [0, 0.1) is 27.7 Å². The summed E-state index contributed by atoms with van der Waals surface area (Å²) in [7, 11) is 0. The van der Waals surface area contributed by atoms with E-state index in [0.29, 0.717) is 22.6 Å². The minimum Gasteiger partial charge on any atom is -0.454 e. The van der Waals surface area contributed by atoms with Crippen molar-refractivity contribution in [2.75, 3.05) is 0 Å². The lowest BCUT2D eigenvalue weighted by Gasteiger charge is -2.13. The number of ether oxygens (including phenoxy) is 1. The number of ketones is 1. The van der Waals surface area contributed by atoms with Gasteiger partial charge in [-0.2, -0.15) is 0 Å². The van der Waals surface area contributed by atoms with Gasteiger partial charge in [-0.25, -0.2) is 0 Å². The first-order chi connectivity index (χ1) is 10.8. The van der Waals surface area contributed by atoms with Gasteiger partial charge in [-0.15, -0.1) is 0 Å². The van der Waals surface area contributed by atoms with Crippen molar-refractivity contribution in [3.63, 3.8) is 0 Å².